The number of likely N-dealkylation sites (tertiary alicyclic amines) is 1. The zero-order valence-corrected chi connectivity index (χ0v) is 16.1. The first-order valence-corrected chi connectivity index (χ1v) is 9.45. The Hall–Kier alpha value is -3.03. The van der Waals surface area contributed by atoms with E-state index < -0.39 is 23.6 Å². The van der Waals surface area contributed by atoms with E-state index in [1.165, 1.54) is 15.9 Å². The lowest BCUT2D eigenvalue weighted by Gasteiger charge is -2.46. The number of piperidine rings is 1. The van der Waals surface area contributed by atoms with Gasteiger partial charge in [-0.2, -0.15) is 0 Å². The molecule has 0 spiro atoms. The maximum absolute atomic E-state index is 14.2. The fraction of sp³-hybridized carbons (Fsp3) is 0.381. The van der Waals surface area contributed by atoms with E-state index >= 15 is 0 Å². The third kappa shape index (κ3) is 3.22. The van der Waals surface area contributed by atoms with Crippen molar-refractivity contribution in [3.63, 3.8) is 0 Å². The van der Waals surface area contributed by atoms with Gasteiger partial charge in [0.2, 0.25) is 5.91 Å². The van der Waals surface area contributed by atoms with Crippen molar-refractivity contribution in [2.45, 2.75) is 18.4 Å². The standard InChI is InChI=1S/C21H21F2N3O3/c1-24(2)21(29)19-13-8-12(17-4-3-5-18(27)26(17)19)10-25(11-13)20(28)15-7-6-14(22)9-16(15)23/h3-7,9,12-13,19H,8,10-11H2,1-2H3/t12-,13+,19-/m1/s1. The highest BCUT2D eigenvalue weighted by atomic mass is 19.1. The summed E-state index contributed by atoms with van der Waals surface area (Å²) in [5, 5.41) is 0. The van der Waals surface area contributed by atoms with Gasteiger partial charge in [0.15, 0.2) is 0 Å². The molecule has 0 aliphatic carbocycles. The van der Waals surface area contributed by atoms with Crippen LogP contribution in [0.2, 0.25) is 0 Å². The molecule has 0 N–H and O–H groups in total. The number of likely N-dealkylation sites (N-methyl/N-ethyl adjacent to an activating group) is 1. The van der Waals surface area contributed by atoms with Crippen molar-refractivity contribution < 1.29 is 18.4 Å². The van der Waals surface area contributed by atoms with Crippen LogP contribution in [0.5, 0.6) is 0 Å². The van der Waals surface area contributed by atoms with Crippen LogP contribution in [0.15, 0.2) is 41.2 Å². The Morgan fingerprint density at radius 2 is 1.86 bits per heavy atom. The lowest BCUT2D eigenvalue weighted by molar-refractivity contribution is -0.135. The first kappa shape index (κ1) is 19.3. The van der Waals surface area contributed by atoms with Crippen molar-refractivity contribution in [1.82, 2.24) is 14.4 Å². The molecule has 2 aromatic rings. The number of carbonyl (C=O) groups is 2. The number of benzene rings is 1. The van der Waals surface area contributed by atoms with Crippen molar-refractivity contribution in [2.75, 3.05) is 27.2 Å². The Balaban J connectivity index is 1.74. The monoisotopic (exact) mass is 401 g/mol. The molecule has 1 aromatic carbocycles. The SMILES string of the molecule is CN(C)C(=O)[C@H]1[C@H]2C[C@H](CN(C(=O)c3ccc(F)cc3F)C2)c2cccc(=O)n21. The van der Waals surface area contributed by atoms with E-state index in [-0.39, 0.29) is 35.4 Å². The maximum atomic E-state index is 14.2. The highest BCUT2D eigenvalue weighted by molar-refractivity contribution is 5.94. The van der Waals surface area contributed by atoms with Crippen LogP contribution in [-0.4, -0.2) is 53.4 Å². The third-order valence-electron chi connectivity index (χ3n) is 5.79. The Bertz CT molecular complexity index is 1050. The molecule has 2 aliphatic rings. The maximum Gasteiger partial charge on any atom is 0.256 e. The van der Waals surface area contributed by atoms with Gasteiger partial charge in [-0.25, -0.2) is 8.78 Å². The normalized spacial score (nSPS) is 22.8. The fourth-order valence-electron chi connectivity index (χ4n) is 4.52. The summed E-state index contributed by atoms with van der Waals surface area (Å²) in [5.74, 6) is -2.84. The topological polar surface area (TPSA) is 62.6 Å². The molecule has 3 atom stereocenters. The number of amides is 2. The summed E-state index contributed by atoms with van der Waals surface area (Å²) in [7, 11) is 3.25. The summed E-state index contributed by atoms with van der Waals surface area (Å²) < 4.78 is 28.9. The lowest BCUT2D eigenvalue weighted by Crippen LogP contribution is -2.54. The second-order valence-electron chi connectivity index (χ2n) is 7.86. The van der Waals surface area contributed by atoms with Gasteiger partial charge < -0.3 is 9.80 Å². The van der Waals surface area contributed by atoms with E-state index in [0.717, 1.165) is 12.1 Å². The molecule has 1 fully saturated rings. The Kier molecular flexibility index (Phi) is 4.72. The third-order valence-corrected chi connectivity index (χ3v) is 5.79. The summed E-state index contributed by atoms with van der Waals surface area (Å²) >= 11 is 0. The summed E-state index contributed by atoms with van der Waals surface area (Å²) in [4.78, 5) is 41.4. The van der Waals surface area contributed by atoms with Crippen LogP contribution in [0, 0.1) is 17.6 Å². The molecular formula is C21H21F2N3O3. The minimum Gasteiger partial charge on any atom is -0.347 e. The van der Waals surface area contributed by atoms with Gasteiger partial charge in [0.25, 0.3) is 11.5 Å². The summed E-state index contributed by atoms with van der Waals surface area (Å²) in [5.41, 5.74) is 0.250. The average Bonchev–Trinajstić information content (AvgIpc) is 2.68. The highest BCUT2D eigenvalue weighted by Crippen LogP contribution is 2.42. The number of carbonyl (C=O) groups excluding carboxylic acids is 2. The number of halogens is 2. The van der Waals surface area contributed by atoms with Crippen molar-refractivity contribution in [2.24, 2.45) is 5.92 Å². The Labute approximate surface area is 166 Å². The van der Waals surface area contributed by atoms with Crippen molar-refractivity contribution in [1.29, 1.82) is 0 Å². The molecule has 2 aliphatic heterocycles. The van der Waals surface area contributed by atoms with Crippen LogP contribution in [0.1, 0.15) is 34.4 Å². The average molecular weight is 401 g/mol. The first-order chi connectivity index (χ1) is 13.8. The quantitative estimate of drug-likeness (QED) is 0.774. The minimum atomic E-state index is -0.914. The van der Waals surface area contributed by atoms with E-state index in [2.05, 4.69) is 0 Å². The van der Waals surface area contributed by atoms with Crippen molar-refractivity contribution in [3.05, 3.63) is 69.6 Å². The number of pyridine rings is 1. The van der Waals surface area contributed by atoms with Gasteiger partial charge in [0, 0.05) is 56.8 Å². The highest BCUT2D eigenvalue weighted by Gasteiger charge is 2.45. The number of nitrogens with zero attached hydrogens (tertiary/aromatic N) is 3. The van der Waals surface area contributed by atoms with Gasteiger partial charge in [-0.3, -0.25) is 19.0 Å². The zero-order chi connectivity index (χ0) is 20.9. The van der Waals surface area contributed by atoms with E-state index in [1.54, 1.807) is 30.8 Å². The Morgan fingerprint density at radius 3 is 2.55 bits per heavy atom. The van der Waals surface area contributed by atoms with E-state index in [0.29, 0.717) is 24.7 Å². The summed E-state index contributed by atoms with van der Waals surface area (Å²) in [6.07, 6.45) is 0.656. The number of hydrogen-bond acceptors (Lipinski definition) is 3. The lowest BCUT2D eigenvalue weighted by atomic mass is 9.77. The van der Waals surface area contributed by atoms with Gasteiger partial charge >= 0.3 is 0 Å². The second kappa shape index (κ2) is 7.09. The number of aromatic nitrogens is 1. The van der Waals surface area contributed by atoms with Crippen LogP contribution >= 0.6 is 0 Å². The molecule has 0 saturated carbocycles. The predicted molar refractivity (Wildman–Crippen MR) is 102 cm³/mol. The molecule has 1 saturated heterocycles. The van der Waals surface area contributed by atoms with E-state index in [9.17, 15) is 23.2 Å². The van der Waals surface area contributed by atoms with Gasteiger partial charge in [-0.1, -0.05) is 6.07 Å². The van der Waals surface area contributed by atoms with Gasteiger partial charge in [0.05, 0.1) is 5.56 Å². The van der Waals surface area contributed by atoms with Crippen molar-refractivity contribution >= 4 is 11.8 Å². The van der Waals surface area contributed by atoms with E-state index in [4.69, 9.17) is 0 Å². The smallest absolute Gasteiger partial charge is 0.256 e. The molecular weight excluding hydrogens is 380 g/mol. The molecule has 2 bridgehead atoms. The summed E-state index contributed by atoms with van der Waals surface area (Å²) in [6, 6.07) is 7.02. The van der Waals surface area contributed by atoms with Gasteiger partial charge in [-0.05, 0) is 24.6 Å². The fourth-order valence-corrected chi connectivity index (χ4v) is 4.52. The molecule has 0 unspecified atom stereocenters. The molecule has 8 heteroatoms. The van der Waals surface area contributed by atoms with Crippen LogP contribution < -0.4 is 5.56 Å². The van der Waals surface area contributed by atoms with Gasteiger partial charge in [0.1, 0.15) is 17.7 Å². The molecule has 6 nitrogen and oxygen atoms in total. The molecule has 2 amide bonds. The second-order valence-corrected chi connectivity index (χ2v) is 7.86. The van der Waals surface area contributed by atoms with Gasteiger partial charge in [-0.15, -0.1) is 0 Å². The van der Waals surface area contributed by atoms with Crippen LogP contribution in [-0.2, 0) is 4.79 Å². The van der Waals surface area contributed by atoms with Crippen LogP contribution in [0.3, 0.4) is 0 Å². The predicted octanol–water partition coefficient (Wildman–Crippen LogP) is 2.02. The largest absolute Gasteiger partial charge is 0.347 e. The number of fused-ring (bicyclic) bond motifs is 4. The van der Waals surface area contributed by atoms with Crippen LogP contribution in [0.4, 0.5) is 8.78 Å². The number of hydrogen-bond donors (Lipinski definition) is 0. The molecule has 3 heterocycles. The van der Waals surface area contributed by atoms with Crippen molar-refractivity contribution in [3.8, 4) is 0 Å². The molecule has 1 aromatic heterocycles. The summed E-state index contributed by atoms with van der Waals surface area (Å²) in [6.45, 7) is 0.523. The van der Waals surface area contributed by atoms with E-state index in [1.807, 2.05) is 0 Å². The Morgan fingerprint density at radius 1 is 1.10 bits per heavy atom. The first-order valence-electron chi connectivity index (χ1n) is 9.45. The molecule has 29 heavy (non-hydrogen) atoms. The molecule has 4 rings (SSSR count). The molecule has 0 radical (unpaired) electrons. The molecule has 152 valence electrons. The number of rotatable bonds is 2. The van der Waals surface area contributed by atoms with Crippen LogP contribution in [0.25, 0.3) is 0 Å². The zero-order valence-electron chi connectivity index (χ0n) is 16.1. The minimum absolute atomic E-state index is 0.138.